The zero-order valence-electron chi connectivity index (χ0n) is 12.7. The molecule has 0 fully saturated rings. The van der Waals surface area contributed by atoms with E-state index < -0.39 is 11.8 Å². The molecule has 0 atom stereocenters. The summed E-state index contributed by atoms with van der Waals surface area (Å²) in [5, 5.41) is 0. The number of para-hydroxylation sites is 1. The lowest BCUT2D eigenvalue weighted by atomic mass is 10.1. The average Bonchev–Trinajstić information content (AvgIpc) is 3.11. The first kappa shape index (κ1) is 16.2. The molecule has 0 aliphatic carbocycles. The van der Waals surface area contributed by atoms with Gasteiger partial charge in [0.05, 0.1) is 20.5 Å². The minimum atomic E-state index is -0.546. The Morgan fingerprint density at radius 1 is 1.09 bits per heavy atom. The van der Waals surface area contributed by atoms with Gasteiger partial charge in [0, 0.05) is 11.6 Å². The van der Waals surface area contributed by atoms with Gasteiger partial charge in [-0.15, -0.1) is 0 Å². The van der Waals surface area contributed by atoms with Crippen molar-refractivity contribution in [1.29, 1.82) is 0 Å². The summed E-state index contributed by atoms with van der Waals surface area (Å²) in [5.74, 6) is 0.120. The summed E-state index contributed by atoms with van der Waals surface area (Å²) in [6, 6.07) is 8.36. The topological polar surface area (TPSA) is 89.8 Å². The molecule has 1 aromatic heterocycles. The molecule has 0 saturated carbocycles. The van der Waals surface area contributed by atoms with E-state index in [0.29, 0.717) is 17.1 Å². The number of hydrogen-bond donors (Lipinski definition) is 2. The van der Waals surface area contributed by atoms with Crippen LogP contribution in [0.4, 0.5) is 0 Å². The summed E-state index contributed by atoms with van der Waals surface area (Å²) in [6.45, 7) is 0. The number of carbonyl (C=O) groups is 2. The highest BCUT2D eigenvalue weighted by atomic mass is 16.5. The van der Waals surface area contributed by atoms with Gasteiger partial charge < -0.3 is 13.9 Å². The SMILES string of the molecule is COc1cccc(/C=C/C(=O)NNC(=O)c2ccco2)c1OC. The Balaban J connectivity index is 1.97. The summed E-state index contributed by atoms with van der Waals surface area (Å²) in [4.78, 5) is 23.3. The number of rotatable bonds is 5. The van der Waals surface area contributed by atoms with Gasteiger partial charge >= 0.3 is 5.91 Å². The second-order valence-corrected chi connectivity index (χ2v) is 4.34. The lowest BCUT2D eigenvalue weighted by Gasteiger charge is -2.09. The number of carbonyl (C=O) groups excluding carboxylic acids is 2. The first-order chi connectivity index (χ1) is 11.2. The molecule has 0 saturated heterocycles. The number of methoxy groups -OCH3 is 2. The zero-order chi connectivity index (χ0) is 16.7. The molecular formula is C16H16N2O5. The first-order valence-corrected chi connectivity index (χ1v) is 6.68. The Morgan fingerprint density at radius 3 is 2.57 bits per heavy atom. The van der Waals surface area contributed by atoms with Gasteiger partial charge in [0.1, 0.15) is 0 Å². The highest BCUT2D eigenvalue weighted by Gasteiger charge is 2.09. The lowest BCUT2D eigenvalue weighted by Crippen LogP contribution is -2.40. The van der Waals surface area contributed by atoms with Crippen molar-refractivity contribution in [2.45, 2.75) is 0 Å². The molecule has 2 aromatic rings. The van der Waals surface area contributed by atoms with Crippen LogP contribution in [0.25, 0.3) is 6.08 Å². The van der Waals surface area contributed by atoms with Gasteiger partial charge in [-0.05, 0) is 24.3 Å². The molecule has 0 spiro atoms. The van der Waals surface area contributed by atoms with E-state index in [9.17, 15) is 9.59 Å². The monoisotopic (exact) mass is 316 g/mol. The third-order valence-electron chi connectivity index (χ3n) is 2.89. The van der Waals surface area contributed by atoms with Crippen LogP contribution < -0.4 is 20.3 Å². The maximum atomic E-state index is 11.7. The average molecular weight is 316 g/mol. The van der Waals surface area contributed by atoms with Crippen molar-refractivity contribution in [3.63, 3.8) is 0 Å². The molecule has 0 radical (unpaired) electrons. The van der Waals surface area contributed by atoms with Crippen LogP contribution in [0, 0.1) is 0 Å². The molecule has 2 N–H and O–H groups in total. The Kier molecular flexibility index (Phi) is 5.40. The second-order valence-electron chi connectivity index (χ2n) is 4.34. The van der Waals surface area contributed by atoms with E-state index in [0.717, 1.165) is 0 Å². The third kappa shape index (κ3) is 4.13. The van der Waals surface area contributed by atoms with E-state index in [-0.39, 0.29) is 5.76 Å². The summed E-state index contributed by atoms with van der Waals surface area (Å²) in [5.41, 5.74) is 5.15. The Bertz CT molecular complexity index is 707. The normalized spacial score (nSPS) is 10.3. The minimum absolute atomic E-state index is 0.101. The van der Waals surface area contributed by atoms with Crippen LogP contribution in [0.15, 0.2) is 47.1 Å². The molecule has 0 unspecified atom stereocenters. The molecule has 2 rings (SSSR count). The van der Waals surface area contributed by atoms with E-state index in [2.05, 4.69) is 10.9 Å². The van der Waals surface area contributed by atoms with Gasteiger partial charge in [-0.2, -0.15) is 0 Å². The zero-order valence-corrected chi connectivity index (χ0v) is 12.7. The number of amides is 2. The van der Waals surface area contributed by atoms with Gasteiger partial charge in [-0.1, -0.05) is 12.1 Å². The van der Waals surface area contributed by atoms with Crippen molar-refractivity contribution < 1.29 is 23.5 Å². The molecule has 7 heteroatoms. The van der Waals surface area contributed by atoms with Crippen molar-refractivity contribution >= 4 is 17.9 Å². The molecule has 1 aromatic carbocycles. The quantitative estimate of drug-likeness (QED) is 0.648. The highest BCUT2D eigenvalue weighted by Crippen LogP contribution is 2.31. The second kappa shape index (κ2) is 7.69. The number of furan rings is 1. The molecule has 7 nitrogen and oxygen atoms in total. The predicted octanol–water partition coefficient (Wildman–Crippen LogP) is 1.77. The van der Waals surface area contributed by atoms with Gasteiger partial charge in [0.15, 0.2) is 17.3 Å². The van der Waals surface area contributed by atoms with Crippen molar-refractivity contribution in [2.24, 2.45) is 0 Å². The maximum Gasteiger partial charge on any atom is 0.305 e. The van der Waals surface area contributed by atoms with E-state index in [4.69, 9.17) is 13.9 Å². The number of hydrogen-bond acceptors (Lipinski definition) is 5. The Morgan fingerprint density at radius 2 is 1.91 bits per heavy atom. The van der Waals surface area contributed by atoms with E-state index >= 15 is 0 Å². The summed E-state index contributed by atoms with van der Waals surface area (Å²) in [7, 11) is 3.04. The largest absolute Gasteiger partial charge is 0.493 e. The Hall–Kier alpha value is -3.22. The summed E-state index contributed by atoms with van der Waals surface area (Å²) < 4.78 is 15.3. The van der Waals surface area contributed by atoms with E-state index in [1.165, 1.54) is 32.6 Å². The third-order valence-corrected chi connectivity index (χ3v) is 2.89. The predicted molar refractivity (Wildman–Crippen MR) is 82.9 cm³/mol. The fourth-order valence-corrected chi connectivity index (χ4v) is 1.84. The van der Waals surface area contributed by atoms with Crippen LogP contribution in [0.3, 0.4) is 0 Å². The van der Waals surface area contributed by atoms with Crippen LogP contribution in [0.1, 0.15) is 16.1 Å². The molecule has 2 amide bonds. The van der Waals surface area contributed by atoms with Crippen molar-refractivity contribution in [3.05, 3.63) is 54.0 Å². The number of ether oxygens (including phenoxy) is 2. The summed E-state index contributed by atoms with van der Waals surface area (Å²) in [6.07, 6.45) is 4.18. The van der Waals surface area contributed by atoms with Gasteiger partial charge in [0.2, 0.25) is 0 Å². The van der Waals surface area contributed by atoms with Crippen LogP contribution in [0.2, 0.25) is 0 Å². The molecule has 23 heavy (non-hydrogen) atoms. The molecule has 120 valence electrons. The van der Waals surface area contributed by atoms with Gasteiger partial charge in [0.25, 0.3) is 5.91 Å². The van der Waals surface area contributed by atoms with Crippen LogP contribution >= 0.6 is 0 Å². The number of nitrogens with one attached hydrogen (secondary N) is 2. The van der Waals surface area contributed by atoms with Crippen LogP contribution in [0.5, 0.6) is 11.5 Å². The molecule has 1 heterocycles. The van der Waals surface area contributed by atoms with Crippen molar-refractivity contribution in [2.75, 3.05) is 14.2 Å². The number of hydrazine groups is 1. The minimum Gasteiger partial charge on any atom is -0.493 e. The lowest BCUT2D eigenvalue weighted by molar-refractivity contribution is -0.117. The summed E-state index contributed by atoms with van der Waals surface area (Å²) >= 11 is 0. The van der Waals surface area contributed by atoms with Gasteiger partial charge in [-0.3, -0.25) is 20.4 Å². The van der Waals surface area contributed by atoms with Crippen LogP contribution in [-0.4, -0.2) is 26.0 Å². The molecule has 0 aliphatic rings. The Labute approximate surface area is 132 Å². The fraction of sp³-hybridized carbons (Fsp3) is 0.125. The molecular weight excluding hydrogens is 300 g/mol. The van der Waals surface area contributed by atoms with Crippen molar-refractivity contribution in [3.8, 4) is 11.5 Å². The van der Waals surface area contributed by atoms with Crippen molar-refractivity contribution in [1.82, 2.24) is 10.9 Å². The fourth-order valence-electron chi connectivity index (χ4n) is 1.84. The highest BCUT2D eigenvalue weighted by molar-refractivity contribution is 5.96. The van der Waals surface area contributed by atoms with Gasteiger partial charge in [-0.25, -0.2) is 0 Å². The smallest absolute Gasteiger partial charge is 0.305 e. The first-order valence-electron chi connectivity index (χ1n) is 6.68. The maximum absolute atomic E-state index is 11.7. The van der Waals surface area contributed by atoms with E-state index in [1.54, 1.807) is 30.3 Å². The number of benzene rings is 1. The van der Waals surface area contributed by atoms with E-state index in [1.807, 2.05) is 0 Å². The standard InChI is InChI=1S/C16H16N2O5/c1-21-12-6-3-5-11(15(12)22-2)8-9-14(19)17-18-16(20)13-7-4-10-23-13/h3-10H,1-2H3,(H,17,19)(H,18,20)/b9-8+. The molecule has 0 aliphatic heterocycles. The van der Waals surface area contributed by atoms with Crippen LogP contribution in [-0.2, 0) is 4.79 Å². The molecule has 0 bridgehead atoms.